The van der Waals surface area contributed by atoms with Gasteiger partial charge in [-0.05, 0) is 26.2 Å². The largest absolute Gasteiger partial charge is 0.481 e. The number of hydrogen-bond acceptors (Lipinski definition) is 3. The lowest BCUT2D eigenvalue weighted by atomic mass is 10.0. The van der Waals surface area contributed by atoms with E-state index in [0.29, 0.717) is 19.5 Å². The average molecular weight is 296 g/mol. The lowest BCUT2D eigenvalue weighted by Gasteiger charge is -2.23. The van der Waals surface area contributed by atoms with Gasteiger partial charge in [-0.15, -0.1) is 0 Å². The molecule has 0 aromatic heterocycles. The molecular formula is C15H24N2O4. The molecule has 2 unspecified atom stereocenters. The Morgan fingerprint density at radius 3 is 2.43 bits per heavy atom. The van der Waals surface area contributed by atoms with Gasteiger partial charge in [0, 0.05) is 31.5 Å². The molecule has 0 aromatic carbocycles. The third-order valence-electron chi connectivity index (χ3n) is 4.76. The van der Waals surface area contributed by atoms with Crippen molar-refractivity contribution in [3.8, 4) is 0 Å². The number of carbonyl (C=O) groups excluding carboxylic acids is 2. The number of hydrogen-bond donors (Lipinski definition) is 2. The number of carboxylic acids is 1. The van der Waals surface area contributed by atoms with Crippen LogP contribution < -0.4 is 5.32 Å². The van der Waals surface area contributed by atoms with Crippen molar-refractivity contribution in [1.82, 2.24) is 10.2 Å². The Balaban J connectivity index is 1.72. The molecule has 1 aliphatic carbocycles. The molecule has 2 atom stereocenters. The maximum absolute atomic E-state index is 12.1. The van der Waals surface area contributed by atoms with Gasteiger partial charge in [-0.3, -0.25) is 14.4 Å². The number of carbonyl (C=O) groups is 3. The number of likely N-dealkylation sites (tertiary alicyclic amines) is 1. The molecule has 2 rings (SSSR count). The Bertz CT molecular complexity index is 418. The fraction of sp³-hybridized carbons (Fsp3) is 0.800. The Kier molecular flexibility index (Phi) is 5.20. The van der Waals surface area contributed by atoms with Crippen LogP contribution >= 0.6 is 0 Å². The second kappa shape index (κ2) is 6.91. The summed E-state index contributed by atoms with van der Waals surface area (Å²) in [5.74, 6) is -1.22. The lowest BCUT2D eigenvalue weighted by Crippen LogP contribution is -2.39. The minimum absolute atomic E-state index is 0.0539. The molecule has 1 saturated carbocycles. The number of rotatable bonds is 5. The highest BCUT2D eigenvalue weighted by molar-refractivity contribution is 5.81. The predicted molar refractivity (Wildman–Crippen MR) is 76.5 cm³/mol. The Labute approximate surface area is 124 Å². The van der Waals surface area contributed by atoms with Crippen molar-refractivity contribution in [3.05, 3.63) is 0 Å². The Morgan fingerprint density at radius 1 is 1.19 bits per heavy atom. The molecule has 6 heteroatoms. The molecule has 6 nitrogen and oxygen atoms in total. The maximum Gasteiger partial charge on any atom is 0.308 e. The predicted octanol–water partition coefficient (Wildman–Crippen LogP) is 1.00. The second-order valence-corrected chi connectivity index (χ2v) is 6.08. The van der Waals surface area contributed by atoms with Crippen molar-refractivity contribution in [3.63, 3.8) is 0 Å². The van der Waals surface area contributed by atoms with Crippen molar-refractivity contribution < 1.29 is 19.5 Å². The minimum atomic E-state index is -0.840. The summed E-state index contributed by atoms with van der Waals surface area (Å²) in [6, 6.07) is -0.263. The summed E-state index contributed by atoms with van der Waals surface area (Å²) in [4.78, 5) is 36.6. The molecule has 2 fully saturated rings. The highest BCUT2D eigenvalue weighted by Crippen LogP contribution is 2.25. The van der Waals surface area contributed by atoms with E-state index < -0.39 is 11.9 Å². The summed E-state index contributed by atoms with van der Waals surface area (Å²) in [5.41, 5.74) is 0. The maximum atomic E-state index is 12.1. The van der Waals surface area contributed by atoms with E-state index in [-0.39, 0.29) is 30.2 Å². The summed E-state index contributed by atoms with van der Waals surface area (Å²) in [6.07, 6.45) is 4.87. The third kappa shape index (κ3) is 3.74. The average Bonchev–Trinajstić information content (AvgIpc) is 3.07. The standard InChI is InChI=1S/C15H24N2O4/c1-10-12(15(20)21)7-9-17(10)13(18)6-8-16-14(19)11-4-2-3-5-11/h10-12H,2-9H2,1H3,(H,16,19)(H,20,21). The summed E-state index contributed by atoms with van der Waals surface area (Å²) in [7, 11) is 0. The van der Waals surface area contributed by atoms with Crippen LogP contribution in [0.25, 0.3) is 0 Å². The fourth-order valence-electron chi connectivity index (χ4n) is 3.39. The highest BCUT2D eigenvalue weighted by Gasteiger charge is 2.37. The molecule has 1 aliphatic heterocycles. The number of amides is 2. The Morgan fingerprint density at radius 2 is 1.86 bits per heavy atom. The van der Waals surface area contributed by atoms with E-state index in [4.69, 9.17) is 5.11 Å². The molecule has 0 radical (unpaired) electrons. The SMILES string of the molecule is CC1C(C(=O)O)CCN1C(=O)CCNC(=O)C1CCCC1. The summed E-state index contributed by atoms with van der Waals surface area (Å²) < 4.78 is 0. The molecule has 2 aliphatic rings. The first-order chi connectivity index (χ1) is 10.0. The van der Waals surface area contributed by atoms with E-state index in [1.807, 2.05) is 0 Å². The molecule has 0 aromatic rings. The molecule has 21 heavy (non-hydrogen) atoms. The smallest absolute Gasteiger partial charge is 0.308 e. The molecule has 118 valence electrons. The first-order valence-electron chi connectivity index (χ1n) is 7.80. The van der Waals surface area contributed by atoms with Gasteiger partial charge in [0.1, 0.15) is 0 Å². The minimum Gasteiger partial charge on any atom is -0.481 e. The molecular weight excluding hydrogens is 272 g/mol. The van der Waals surface area contributed by atoms with E-state index in [1.54, 1.807) is 11.8 Å². The zero-order chi connectivity index (χ0) is 15.4. The molecule has 0 spiro atoms. The van der Waals surface area contributed by atoms with E-state index in [2.05, 4.69) is 5.32 Å². The first kappa shape index (κ1) is 15.8. The third-order valence-corrected chi connectivity index (χ3v) is 4.76. The molecule has 1 saturated heterocycles. The van der Waals surface area contributed by atoms with Gasteiger partial charge in [-0.2, -0.15) is 0 Å². The molecule has 2 N–H and O–H groups in total. The zero-order valence-electron chi connectivity index (χ0n) is 12.5. The van der Waals surface area contributed by atoms with E-state index in [0.717, 1.165) is 25.7 Å². The van der Waals surface area contributed by atoms with Crippen molar-refractivity contribution in [2.75, 3.05) is 13.1 Å². The summed E-state index contributed by atoms with van der Waals surface area (Å²) >= 11 is 0. The van der Waals surface area contributed by atoms with Crippen LogP contribution in [0.1, 0.15) is 45.4 Å². The van der Waals surface area contributed by atoms with Crippen molar-refractivity contribution in [2.45, 2.75) is 51.5 Å². The normalized spacial score (nSPS) is 26.0. The monoisotopic (exact) mass is 296 g/mol. The molecule has 2 amide bonds. The fourth-order valence-corrected chi connectivity index (χ4v) is 3.39. The van der Waals surface area contributed by atoms with E-state index >= 15 is 0 Å². The van der Waals surface area contributed by atoms with Crippen LogP contribution in [0.5, 0.6) is 0 Å². The number of carboxylic acid groups (broad SMARTS) is 1. The van der Waals surface area contributed by atoms with Gasteiger partial charge in [0.25, 0.3) is 0 Å². The summed E-state index contributed by atoms with van der Waals surface area (Å²) in [5, 5.41) is 11.9. The van der Waals surface area contributed by atoms with Gasteiger partial charge in [0.2, 0.25) is 11.8 Å². The first-order valence-corrected chi connectivity index (χ1v) is 7.80. The second-order valence-electron chi connectivity index (χ2n) is 6.08. The van der Waals surface area contributed by atoms with Gasteiger partial charge in [-0.25, -0.2) is 0 Å². The van der Waals surface area contributed by atoms with Crippen LogP contribution in [-0.2, 0) is 14.4 Å². The number of aliphatic carboxylic acids is 1. The van der Waals surface area contributed by atoms with Crippen molar-refractivity contribution in [2.24, 2.45) is 11.8 Å². The van der Waals surface area contributed by atoms with Crippen molar-refractivity contribution in [1.29, 1.82) is 0 Å². The van der Waals surface area contributed by atoms with Crippen LogP contribution in [0.2, 0.25) is 0 Å². The van der Waals surface area contributed by atoms with Crippen LogP contribution in [0.15, 0.2) is 0 Å². The van der Waals surface area contributed by atoms with Gasteiger partial charge in [0.05, 0.1) is 5.92 Å². The number of nitrogens with zero attached hydrogens (tertiary/aromatic N) is 1. The number of nitrogens with one attached hydrogen (secondary N) is 1. The van der Waals surface area contributed by atoms with Crippen LogP contribution in [-0.4, -0.2) is 46.9 Å². The van der Waals surface area contributed by atoms with Gasteiger partial charge < -0.3 is 15.3 Å². The highest BCUT2D eigenvalue weighted by atomic mass is 16.4. The van der Waals surface area contributed by atoms with Gasteiger partial charge in [-0.1, -0.05) is 12.8 Å². The van der Waals surface area contributed by atoms with Crippen LogP contribution in [0, 0.1) is 11.8 Å². The Hall–Kier alpha value is -1.59. The quantitative estimate of drug-likeness (QED) is 0.792. The topological polar surface area (TPSA) is 86.7 Å². The zero-order valence-corrected chi connectivity index (χ0v) is 12.5. The van der Waals surface area contributed by atoms with Gasteiger partial charge >= 0.3 is 5.97 Å². The summed E-state index contributed by atoms with van der Waals surface area (Å²) in [6.45, 7) is 2.61. The van der Waals surface area contributed by atoms with E-state index in [1.165, 1.54) is 0 Å². The lowest BCUT2D eigenvalue weighted by molar-refractivity contribution is -0.143. The van der Waals surface area contributed by atoms with Crippen LogP contribution in [0.3, 0.4) is 0 Å². The van der Waals surface area contributed by atoms with E-state index in [9.17, 15) is 14.4 Å². The van der Waals surface area contributed by atoms with Crippen molar-refractivity contribution >= 4 is 17.8 Å². The van der Waals surface area contributed by atoms with Crippen LogP contribution in [0.4, 0.5) is 0 Å². The molecule has 0 bridgehead atoms. The molecule has 1 heterocycles. The van der Waals surface area contributed by atoms with Gasteiger partial charge in [0.15, 0.2) is 0 Å².